The van der Waals surface area contributed by atoms with Gasteiger partial charge in [-0.15, -0.1) is 0 Å². The van der Waals surface area contributed by atoms with Crippen molar-refractivity contribution in [3.05, 3.63) is 154 Å². The maximum atomic E-state index is 12.6. The Labute approximate surface area is 329 Å². The molecule has 284 valence electrons. The molecule has 56 heavy (non-hydrogen) atoms. The van der Waals surface area contributed by atoms with E-state index in [2.05, 4.69) is 44.2 Å². The first-order valence-corrected chi connectivity index (χ1v) is 18.6. The van der Waals surface area contributed by atoms with Gasteiger partial charge in [-0.25, -0.2) is 9.59 Å². The highest BCUT2D eigenvalue weighted by molar-refractivity contribution is 5.89. The zero-order valence-electron chi connectivity index (χ0n) is 32.3. The first-order valence-electron chi connectivity index (χ1n) is 18.6. The van der Waals surface area contributed by atoms with Gasteiger partial charge in [0.2, 0.25) is 0 Å². The number of anilines is 1. The van der Waals surface area contributed by atoms with Crippen LogP contribution in [0, 0.1) is 51.2 Å². The molecule has 0 N–H and O–H groups in total. The summed E-state index contributed by atoms with van der Waals surface area (Å²) < 4.78 is 17.1. The van der Waals surface area contributed by atoms with E-state index in [0.29, 0.717) is 24.2 Å². The third-order valence-electron chi connectivity index (χ3n) is 9.75. The highest BCUT2D eigenvalue weighted by Gasteiger charge is 2.47. The number of allylic oxidation sites excluding steroid dienone is 8. The largest absolute Gasteiger partial charge is 0.488 e. The molecule has 9 nitrogen and oxygen atoms in total. The lowest BCUT2D eigenvalue weighted by Gasteiger charge is -2.30. The fourth-order valence-corrected chi connectivity index (χ4v) is 7.01. The predicted octanol–water partition coefficient (Wildman–Crippen LogP) is 9.32. The van der Waals surface area contributed by atoms with Crippen LogP contribution < -0.4 is 4.90 Å². The molecule has 2 aliphatic rings. The average molecular weight is 747 g/mol. The molecular formula is C47H46N4O5. The number of esters is 2. The van der Waals surface area contributed by atoms with Gasteiger partial charge in [-0.3, -0.25) is 0 Å². The minimum absolute atomic E-state index is 0.0295. The number of rotatable bonds is 13. The molecule has 1 aliphatic heterocycles. The van der Waals surface area contributed by atoms with Crippen molar-refractivity contribution in [2.24, 2.45) is 17.3 Å². The Morgan fingerprint density at radius 3 is 1.91 bits per heavy atom. The standard InChI is InChI=1S/C47H46N4O5/c1-46(2)29-35(12-11-17-42-41(33-50)43(39(31-48)32-49)56-47(42,3)4)28-36(30-46)19-18-34-20-22-40(23-21-34)51(24-26-54-44(52)37-13-7-5-8-14-37)25-27-55-45(53)38-15-9-6-10-16-38/h5-23,28,41-42H,24-27,29-30H2,1-4H3/b17-11+,19-18+,35-12-. The molecule has 1 aliphatic carbocycles. The Balaban J connectivity index is 1.27. The van der Waals surface area contributed by atoms with Gasteiger partial charge in [0.15, 0.2) is 5.57 Å². The number of hydrogen-bond donors (Lipinski definition) is 0. The maximum absolute atomic E-state index is 12.6. The second-order valence-corrected chi connectivity index (χ2v) is 15.1. The van der Waals surface area contributed by atoms with Gasteiger partial charge in [-0.05, 0) is 85.2 Å². The molecule has 9 heteroatoms. The maximum Gasteiger partial charge on any atom is 0.338 e. The van der Waals surface area contributed by atoms with Crippen molar-refractivity contribution >= 4 is 23.7 Å². The monoisotopic (exact) mass is 746 g/mol. The van der Waals surface area contributed by atoms with Gasteiger partial charge in [0.25, 0.3) is 0 Å². The van der Waals surface area contributed by atoms with E-state index in [9.17, 15) is 25.4 Å². The number of carbonyl (C=O) groups is 2. The first kappa shape index (κ1) is 40.6. The molecule has 0 radical (unpaired) electrons. The first-order chi connectivity index (χ1) is 26.9. The summed E-state index contributed by atoms with van der Waals surface area (Å²) in [6.07, 6.45) is 14.2. The van der Waals surface area contributed by atoms with Crippen molar-refractivity contribution < 1.29 is 23.8 Å². The molecule has 2 unspecified atom stereocenters. The fraction of sp³-hybridized carbons (Fsp3) is 0.298. The van der Waals surface area contributed by atoms with Crippen LogP contribution in [0.25, 0.3) is 6.08 Å². The summed E-state index contributed by atoms with van der Waals surface area (Å²) in [6.45, 7) is 9.33. The Morgan fingerprint density at radius 2 is 1.38 bits per heavy atom. The molecule has 5 rings (SSSR count). The minimum atomic E-state index is -0.754. The highest BCUT2D eigenvalue weighted by Crippen LogP contribution is 2.45. The van der Waals surface area contributed by atoms with Crippen molar-refractivity contribution in [3.8, 4) is 18.2 Å². The van der Waals surface area contributed by atoms with Crippen LogP contribution >= 0.6 is 0 Å². The van der Waals surface area contributed by atoms with Crippen molar-refractivity contribution in [2.45, 2.75) is 46.1 Å². The highest BCUT2D eigenvalue weighted by atomic mass is 16.5. The summed E-state index contributed by atoms with van der Waals surface area (Å²) in [5.41, 5.74) is 4.33. The van der Waals surface area contributed by atoms with E-state index in [1.54, 1.807) is 48.5 Å². The van der Waals surface area contributed by atoms with Crippen LogP contribution in [0.15, 0.2) is 138 Å². The van der Waals surface area contributed by atoms with Crippen LogP contribution in [0.5, 0.6) is 0 Å². The summed E-state index contributed by atoms with van der Waals surface area (Å²) in [6, 6.07) is 31.8. The average Bonchev–Trinajstić information content (AvgIpc) is 3.45. The Hall–Kier alpha value is -6.63. The van der Waals surface area contributed by atoms with Crippen LogP contribution in [0.1, 0.15) is 66.8 Å². The van der Waals surface area contributed by atoms with E-state index >= 15 is 0 Å². The summed E-state index contributed by atoms with van der Waals surface area (Å²) in [7, 11) is 0. The molecule has 0 aromatic heterocycles. The van der Waals surface area contributed by atoms with E-state index in [1.807, 2.05) is 79.4 Å². The zero-order chi connectivity index (χ0) is 40.1. The second kappa shape index (κ2) is 18.6. The lowest BCUT2D eigenvalue weighted by molar-refractivity contribution is 0.0502. The van der Waals surface area contributed by atoms with E-state index in [0.717, 1.165) is 29.7 Å². The third kappa shape index (κ3) is 10.7. The normalized spacial score (nSPS) is 19.0. The molecule has 3 aromatic rings. The van der Waals surface area contributed by atoms with Crippen molar-refractivity contribution in [1.29, 1.82) is 15.8 Å². The van der Waals surface area contributed by atoms with Gasteiger partial charge in [0, 0.05) is 11.6 Å². The number of nitrogens with zero attached hydrogens (tertiary/aromatic N) is 4. The smallest absolute Gasteiger partial charge is 0.338 e. The fourth-order valence-electron chi connectivity index (χ4n) is 7.01. The van der Waals surface area contributed by atoms with Crippen LogP contribution in [0.2, 0.25) is 0 Å². The van der Waals surface area contributed by atoms with E-state index in [-0.39, 0.29) is 35.9 Å². The van der Waals surface area contributed by atoms with E-state index < -0.39 is 23.5 Å². The number of ether oxygens (including phenoxy) is 3. The van der Waals surface area contributed by atoms with Gasteiger partial charge in [-0.2, -0.15) is 15.8 Å². The topological polar surface area (TPSA) is 136 Å². The predicted molar refractivity (Wildman–Crippen MR) is 215 cm³/mol. The van der Waals surface area contributed by atoms with Gasteiger partial charge in [0.1, 0.15) is 42.6 Å². The summed E-state index contributed by atoms with van der Waals surface area (Å²) >= 11 is 0. The minimum Gasteiger partial charge on any atom is -0.488 e. The van der Waals surface area contributed by atoms with Gasteiger partial charge < -0.3 is 19.1 Å². The van der Waals surface area contributed by atoms with Gasteiger partial charge >= 0.3 is 11.9 Å². The summed E-state index contributed by atoms with van der Waals surface area (Å²) in [5, 5.41) is 28.7. The summed E-state index contributed by atoms with van der Waals surface area (Å²) in [5.74, 6) is -1.70. The number of carbonyl (C=O) groups excluding carboxylic acids is 2. The second-order valence-electron chi connectivity index (χ2n) is 15.1. The van der Waals surface area contributed by atoms with Gasteiger partial charge in [-0.1, -0.05) is 98.8 Å². The SMILES string of the molecule is CC1(C)CC(/C=C/c2ccc(N(CCOC(=O)c3ccccc3)CCOC(=O)c3ccccc3)cc2)=CC(=C/C=C/C2C(C#N)C(=C(C#N)C#N)OC2(C)C)/C1. The van der Waals surface area contributed by atoms with Gasteiger partial charge in [0.05, 0.1) is 30.3 Å². The molecule has 0 spiro atoms. The quantitative estimate of drug-likeness (QED) is 0.124. The molecular weight excluding hydrogens is 701 g/mol. The Morgan fingerprint density at radius 1 is 0.804 bits per heavy atom. The molecule has 3 aromatic carbocycles. The van der Waals surface area contributed by atoms with Crippen molar-refractivity contribution in [3.63, 3.8) is 0 Å². The lowest BCUT2D eigenvalue weighted by atomic mass is 9.75. The number of benzene rings is 3. The van der Waals surface area contributed by atoms with Crippen molar-refractivity contribution in [1.82, 2.24) is 0 Å². The van der Waals surface area contributed by atoms with Crippen LogP contribution in [-0.2, 0) is 14.2 Å². The summed E-state index contributed by atoms with van der Waals surface area (Å²) in [4.78, 5) is 27.2. The third-order valence-corrected chi connectivity index (χ3v) is 9.75. The van der Waals surface area contributed by atoms with E-state index in [4.69, 9.17) is 14.2 Å². The zero-order valence-corrected chi connectivity index (χ0v) is 32.3. The molecule has 0 bridgehead atoms. The number of nitriles is 3. The molecule has 0 amide bonds. The van der Waals surface area contributed by atoms with E-state index in [1.165, 1.54) is 5.57 Å². The van der Waals surface area contributed by atoms with Crippen LogP contribution in [0.4, 0.5) is 5.69 Å². The molecule has 1 heterocycles. The lowest BCUT2D eigenvalue weighted by Crippen LogP contribution is -2.32. The Kier molecular flexibility index (Phi) is 13.5. The van der Waals surface area contributed by atoms with Crippen LogP contribution in [0.3, 0.4) is 0 Å². The van der Waals surface area contributed by atoms with Crippen molar-refractivity contribution in [2.75, 3.05) is 31.2 Å². The molecule has 1 fully saturated rings. The molecule has 0 saturated carbocycles. The molecule has 1 saturated heterocycles. The number of hydrogen-bond acceptors (Lipinski definition) is 9. The van der Waals surface area contributed by atoms with Crippen LogP contribution in [-0.4, -0.2) is 43.8 Å². The molecule has 2 atom stereocenters. The Bertz CT molecular complexity index is 2090.